The monoisotopic (exact) mass is 387 g/mol. The van der Waals surface area contributed by atoms with Gasteiger partial charge in [0, 0.05) is 11.6 Å². The first kappa shape index (κ1) is 16.6. The molecule has 5 nitrogen and oxygen atoms in total. The second-order valence-electron chi connectivity index (χ2n) is 5.88. The number of alkyl halides is 3. The van der Waals surface area contributed by atoms with Crippen LogP contribution in [0.15, 0.2) is 18.2 Å². The third kappa shape index (κ3) is 3.18. The lowest BCUT2D eigenvalue weighted by Gasteiger charge is -2.33. The van der Waals surface area contributed by atoms with Crippen molar-refractivity contribution in [2.75, 3.05) is 11.4 Å². The highest BCUT2D eigenvalue weighted by atomic mass is 35.5. The van der Waals surface area contributed by atoms with Gasteiger partial charge in [0.05, 0.1) is 17.1 Å². The number of anilines is 1. The van der Waals surface area contributed by atoms with Crippen LogP contribution >= 0.6 is 22.9 Å². The van der Waals surface area contributed by atoms with Crippen molar-refractivity contribution in [2.24, 2.45) is 0 Å². The number of aromatic nitrogens is 4. The minimum Gasteiger partial charge on any atom is -0.340 e. The van der Waals surface area contributed by atoms with Gasteiger partial charge < -0.3 is 9.88 Å². The minimum absolute atomic E-state index is 0.158. The highest BCUT2D eigenvalue weighted by molar-refractivity contribution is 7.15. The van der Waals surface area contributed by atoms with Gasteiger partial charge in [-0.15, -0.1) is 10.2 Å². The number of hydrogen-bond acceptors (Lipinski definition) is 5. The zero-order chi connectivity index (χ0) is 17.6. The first-order valence-corrected chi connectivity index (χ1v) is 8.94. The highest BCUT2D eigenvalue weighted by Crippen LogP contribution is 2.39. The Hall–Kier alpha value is -1.87. The fraction of sp³-hybridized carbons (Fsp3) is 0.400. The topological polar surface area (TPSA) is 57.7 Å². The number of fused-ring (bicyclic) bond motifs is 1. The van der Waals surface area contributed by atoms with Gasteiger partial charge >= 0.3 is 6.18 Å². The Morgan fingerprint density at radius 2 is 2.08 bits per heavy atom. The lowest BCUT2D eigenvalue weighted by molar-refractivity contribution is -0.138. The summed E-state index contributed by atoms with van der Waals surface area (Å²) in [6.07, 6.45) is -1.82. The van der Waals surface area contributed by atoms with E-state index in [0.29, 0.717) is 28.7 Å². The van der Waals surface area contributed by atoms with Crippen molar-refractivity contribution in [1.29, 1.82) is 0 Å². The molecule has 4 rings (SSSR count). The van der Waals surface area contributed by atoms with Crippen molar-refractivity contribution in [2.45, 2.75) is 31.5 Å². The molecule has 1 aliphatic rings. The molecule has 3 heterocycles. The van der Waals surface area contributed by atoms with Gasteiger partial charge in [-0.3, -0.25) is 0 Å². The Kier molecular flexibility index (Phi) is 4.07. The van der Waals surface area contributed by atoms with Gasteiger partial charge in [-0.05, 0) is 37.5 Å². The second kappa shape index (κ2) is 6.14. The van der Waals surface area contributed by atoms with Crippen LogP contribution in [0, 0.1) is 0 Å². The van der Waals surface area contributed by atoms with Gasteiger partial charge in [0.25, 0.3) is 0 Å². The summed E-state index contributed by atoms with van der Waals surface area (Å²) >= 11 is 6.57. The molecular weight excluding hydrogens is 375 g/mol. The summed E-state index contributed by atoms with van der Waals surface area (Å²) in [7, 11) is 0. The Bertz CT molecular complexity index is 906. The van der Waals surface area contributed by atoms with Crippen molar-refractivity contribution in [3.8, 4) is 0 Å². The van der Waals surface area contributed by atoms with E-state index in [1.54, 1.807) is 12.1 Å². The largest absolute Gasteiger partial charge is 0.445 e. The fourth-order valence-electron chi connectivity index (χ4n) is 3.05. The zero-order valence-corrected chi connectivity index (χ0v) is 14.4. The first-order chi connectivity index (χ1) is 11.9. The Labute approximate surface area is 149 Å². The lowest BCUT2D eigenvalue weighted by Crippen LogP contribution is -2.34. The molecule has 25 heavy (non-hydrogen) atoms. The van der Waals surface area contributed by atoms with E-state index in [-0.39, 0.29) is 11.2 Å². The summed E-state index contributed by atoms with van der Waals surface area (Å²) in [6, 6.07) is 5.20. The highest BCUT2D eigenvalue weighted by Gasteiger charge is 2.37. The van der Waals surface area contributed by atoms with Gasteiger partial charge in [-0.2, -0.15) is 13.2 Å². The summed E-state index contributed by atoms with van der Waals surface area (Å²) in [5.74, 6) is 0.709. The smallest absolute Gasteiger partial charge is 0.340 e. The van der Waals surface area contributed by atoms with E-state index >= 15 is 0 Å². The third-order valence-corrected chi connectivity index (χ3v) is 5.42. The Morgan fingerprint density at radius 3 is 2.84 bits per heavy atom. The first-order valence-electron chi connectivity index (χ1n) is 7.74. The van der Waals surface area contributed by atoms with Crippen molar-refractivity contribution in [1.82, 2.24) is 20.2 Å². The number of piperidine rings is 1. The van der Waals surface area contributed by atoms with Crippen LogP contribution in [0.3, 0.4) is 0 Å². The third-order valence-electron chi connectivity index (χ3n) is 4.18. The van der Waals surface area contributed by atoms with E-state index in [0.717, 1.165) is 30.3 Å². The van der Waals surface area contributed by atoms with Crippen LogP contribution in [-0.2, 0) is 6.18 Å². The van der Waals surface area contributed by atoms with Crippen molar-refractivity contribution in [3.05, 3.63) is 34.1 Å². The van der Waals surface area contributed by atoms with E-state index in [2.05, 4.69) is 20.2 Å². The van der Waals surface area contributed by atoms with Gasteiger partial charge in [0.2, 0.25) is 10.1 Å². The SMILES string of the molecule is FC(F)(F)c1nnc(N2CCCCC2c2nc3ccc(Cl)cc3[nH]2)s1. The number of H-pyrrole nitrogens is 1. The Morgan fingerprint density at radius 1 is 1.24 bits per heavy atom. The molecule has 0 bridgehead atoms. The van der Waals surface area contributed by atoms with Gasteiger partial charge in [0.1, 0.15) is 5.82 Å². The van der Waals surface area contributed by atoms with Crippen LogP contribution in [0.4, 0.5) is 18.3 Å². The summed E-state index contributed by atoms with van der Waals surface area (Å²) in [5.41, 5.74) is 1.58. The molecule has 1 fully saturated rings. The predicted octanol–water partition coefficient (Wildman–Crippen LogP) is 4.82. The Balaban J connectivity index is 1.69. The molecule has 0 saturated carbocycles. The van der Waals surface area contributed by atoms with E-state index in [1.807, 2.05) is 11.0 Å². The number of hydrogen-bond donors (Lipinski definition) is 1. The number of nitrogens with zero attached hydrogens (tertiary/aromatic N) is 4. The second-order valence-corrected chi connectivity index (χ2v) is 7.27. The molecule has 0 aliphatic carbocycles. The molecule has 2 aromatic heterocycles. The molecule has 0 radical (unpaired) electrons. The van der Waals surface area contributed by atoms with E-state index in [1.165, 1.54) is 0 Å². The zero-order valence-electron chi connectivity index (χ0n) is 12.8. The molecule has 0 spiro atoms. The quantitative estimate of drug-likeness (QED) is 0.685. The molecule has 1 aromatic carbocycles. The maximum atomic E-state index is 12.8. The summed E-state index contributed by atoms with van der Waals surface area (Å²) < 4.78 is 38.5. The molecule has 1 saturated heterocycles. The van der Waals surface area contributed by atoms with Crippen LogP contribution in [0.5, 0.6) is 0 Å². The number of benzene rings is 1. The number of halogens is 4. The number of aromatic amines is 1. The maximum Gasteiger partial charge on any atom is 0.445 e. The summed E-state index contributed by atoms with van der Waals surface area (Å²) in [4.78, 5) is 9.68. The van der Waals surface area contributed by atoms with Crippen LogP contribution in [0.25, 0.3) is 11.0 Å². The number of rotatable bonds is 2. The molecule has 1 unspecified atom stereocenters. The normalized spacial score (nSPS) is 18.9. The molecule has 1 aliphatic heterocycles. The van der Waals surface area contributed by atoms with E-state index in [4.69, 9.17) is 11.6 Å². The van der Waals surface area contributed by atoms with Crippen molar-refractivity contribution in [3.63, 3.8) is 0 Å². The van der Waals surface area contributed by atoms with Crippen LogP contribution in [0.2, 0.25) is 5.02 Å². The number of nitrogens with one attached hydrogen (secondary N) is 1. The van der Waals surface area contributed by atoms with Gasteiger partial charge in [0.15, 0.2) is 0 Å². The van der Waals surface area contributed by atoms with Crippen molar-refractivity contribution >= 4 is 39.1 Å². The molecule has 3 aromatic rings. The van der Waals surface area contributed by atoms with E-state index in [9.17, 15) is 13.2 Å². The standard InChI is InChI=1S/C15H13ClF3N5S/c16-8-4-5-9-10(7-8)21-12(20-9)11-3-1-2-6-24(11)14-23-22-13(25-14)15(17,18)19/h4-5,7,11H,1-3,6H2,(H,20,21). The summed E-state index contributed by atoms with van der Waals surface area (Å²) in [6.45, 7) is 0.620. The molecule has 1 atom stereocenters. The van der Waals surface area contributed by atoms with Crippen molar-refractivity contribution < 1.29 is 13.2 Å². The van der Waals surface area contributed by atoms with Crippen LogP contribution < -0.4 is 4.90 Å². The van der Waals surface area contributed by atoms with Crippen LogP contribution in [-0.4, -0.2) is 26.7 Å². The minimum atomic E-state index is -4.47. The van der Waals surface area contributed by atoms with Crippen LogP contribution in [0.1, 0.15) is 36.1 Å². The van der Waals surface area contributed by atoms with Gasteiger partial charge in [-0.25, -0.2) is 4.98 Å². The predicted molar refractivity (Wildman–Crippen MR) is 90.0 cm³/mol. The molecule has 132 valence electrons. The van der Waals surface area contributed by atoms with Gasteiger partial charge in [-0.1, -0.05) is 22.9 Å². The molecule has 0 amide bonds. The average Bonchev–Trinajstić information content (AvgIpc) is 3.21. The van der Waals surface area contributed by atoms with E-state index < -0.39 is 11.2 Å². The average molecular weight is 388 g/mol. The summed E-state index contributed by atoms with van der Waals surface area (Å²) in [5, 5.41) is 7.01. The fourth-order valence-corrected chi connectivity index (χ4v) is 4.01. The molecular formula is C15H13ClF3N5S. The number of imidazole rings is 1. The molecule has 1 N–H and O–H groups in total. The molecule has 10 heteroatoms. The maximum absolute atomic E-state index is 12.8. The lowest BCUT2D eigenvalue weighted by atomic mass is 10.0.